The first-order chi connectivity index (χ1) is 21.6. The Morgan fingerprint density at radius 3 is 2.50 bits per heavy atom. The van der Waals surface area contributed by atoms with E-state index in [1.54, 1.807) is 16.2 Å². The predicted molar refractivity (Wildman–Crippen MR) is 177 cm³/mol. The van der Waals surface area contributed by atoms with Gasteiger partial charge in [-0.05, 0) is 76.4 Å². The van der Waals surface area contributed by atoms with Gasteiger partial charge in [-0.1, -0.05) is 78.9 Å². The number of nitrogens with one attached hydrogen (secondary N) is 1. The maximum atomic E-state index is 13.9. The molecule has 1 aromatic heterocycles. The van der Waals surface area contributed by atoms with Crippen molar-refractivity contribution in [1.82, 2.24) is 5.32 Å². The zero-order chi connectivity index (χ0) is 30.3. The molecule has 0 aliphatic heterocycles. The lowest BCUT2D eigenvalue weighted by atomic mass is 10.1. The van der Waals surface area contributed by atoms with Crippen LogP contribution >= 0.6 is 11.3 Å². The predicted octanol–water partition coefficient (Wildman–Crippen LogP) is 7.78. The lowest BCUT2D eigenvalue weighted by molar-refractivity contribution is -0.125. The summed E-state index contributed by atoms with van der Waals surface area (Å²) >= 11 is 1.69. The molecule has 1 heterocycles. The van der Waals surface area contributed by atoms with Crippen LogP contribution in [-0.4, -0.2) is 11.8 Å². The van der Waals surface area contributed by atoms with Gasteiger partial charge in [0.2, 0.25) is 11.8 Å². The maximum absolute atomic E-state index is 13.9. The molecule has 0 fully saturated rings. The van der Waals surface area contributed by atoms with Crippen LogP contribution in [0.5, 0.6) is 11.5 Å². The van der Waals surface area contributed by atoms with E-state index >= 15 is 0 Å². The molecule has 222 valence electrons. The van der Waals surface area contributed by atoms with E-state index in [9.17, 15) is 9.59 Å². The molecule has 1 aliphatic carbocycles. The standard InChI is InChI=1S/C37H35N3O3S/c38-24-27-7-5-9-30(23-27)43-34-12-4-3-11-33(34)40(25-26-14-16-29(17-15-26)35-13-6-22-44-35)37(42)21-20-36(41)39-32-19-18-28-8-1-2-10-31(28)32/h1-17,22-23,32H,18-21,24-25,38H2,(H,39,41). The number of anilines is 1. The Balaban J connectivity index is 1.22. The lowest BCUT2D eigenvalue weighted by Crippen LogP contribution is -2.33. The van der Waals surface area contributed by atoms with Gasteiger partial charge in [-0.2, -0.15) is 0 Å². The molecular weight excluding hydrogens is 566 g/mol. The van der Waals surface area contributed by atoms with Crippen LogP contribution in [0.15, 0.2) is 115 Å². The van der Waals surface area contributed by atoms with Crippen LogP contribution in [0.2, 0.25) is 0 Å². The zero-order valence-electron chi connectivity index (χ0n) is 24.4. The van der Waals surface area contributed by atoms with E-state index in [4.69, 9.17) is 10.5 Å². The largest absolute Gasteiger partial charge is 0.455 e. The minimum absolute atomic E-state index is 0.00910. The van der Waals surface area contributed by atoms with E-state index in [-0.39, 0.29) is 30.7 Å². The Hall–Kier alpha value is -4.72. The fourth-order valence-electron chi connectivity index (χ4n) is 5.67. The summed E-state index contributed by atoms with van der Waals surface area (Å²) < 4.78 is 6.31. The molecule has 1 aliphatic rings. The highest BCUT2D eigenvalue weighted by Crippen LogP contribution is 2.35. The van der Waals surface area contributed by atoms with E-state index in [0.29, 0.717) is 30.3 Å². The first-order valence-corrected chi connectivity index (χ1v) is 15.8. The molecule has 0 radical (unpaired) electrons. The summed E-state index contributed by atoms with van der Waals surface area (Å²) in [6, 6.07) is 35.7. The second kappa shape index (κ2) is 13.7. The molecule has 0 bridgehead atoms. The van der Waals surface area contributed by atoms with E-state index < -0.39 is 0 Å². The highest BCUT2D eigenvalue weighted by atomic mass is 32.1. The fraction of sp³-hybridized carbons (Fsp3) is 0.189. The average Bonchev–Trinajstić information content (AvgIpc) is 3.74. The van der Waals surface area contributed by atoms with Crippen LogP contribution in [0, 0.1) is 0 Å². The summed E-state index contributed by atoms with van der Waals surface area (Å²) in [5.41, 5.74) is 12.0. The Kier molecular flexibility index (Phi) is 9.15. The number of carbonyl (C=O) groups excluding carboxylic acids is 2. The van der Waals surface area contributed by atoms with Crippen molar-refractivity contribution >= 4 is 28.8 Å². The van der Waals surface area contributed by atoms with Crippen molar-refractivity contribution < 1.29 is 14.3 Å². The number of nitrogens with two attached hydrogens (primary N) is 1. The normalized spacial score (nSPS) is 13.7. The SMILES string of the molecule is NCc1cccc(Oc2ccccc2N(Cc2ccc(-c3cccs3)cc2)C(=O)CCC(=O)NC2CCc3ccccc32)c1. The Labute approximate surface area is 262 Å². The minimum Gasteiger partial charge on any atom is -0.455 e. The first-order valence-electron chi connectivity index (χ1n) is 14.9. The number of thiophene rings is 1. The molecule has 2 amide bonds. The minimum atomic E-state index is -0.152. The molecule has 7 heteroatoms. The summed E-state index contributed by atoms with van der Waals surface area (Å²) in [4.78, 5) is 29.9. The number of fused-ring (bicyclic) bond motifs is 1. The summed E-state index contributed by atoms with van der Waals surface area (Å²) in [5, 5.41) is 5.21. The molecule has 4 aromatic carbocycles. The molecule has 6 nitrogen and oxygen atoms in total. The van der Waals surface area contributed by atoms with Crippen LogP contribution in [0.3, 0.4) is 0 Å². The summed E-state index contributed by atoms with van der Waals surface area (Å²) in [6.45, 7) is 0.740. The van der Waals surface area contributed by atoms with Crippen LogP contribution in [0.1, 0.15) is 47.6 Å². The van der Waals surface area contributed by atoms with Gasteiger partial charge in [0, 0.05) is 24.3 Å². The van der Waals surface area contributed by atoms with Crippen molar-refractivity contribution in [2.24, 2.45) is 5.73 Å². The third kappa shape index (κ3) is 6.91. The molecule has 1 unspecified atom stereocenters. The number of rotatable bonds is 11. The summed E-state index contributed by atoms with van der Waals surface area (Å²) in [5.74, 6) is 0.922. The van der Waals surface area contributed by atoms with Crippen molar-refractivity contribution in [2.45, 2.75) is 44.8 Å². The van der Waals surface area contributed by atoms with Crippen molar-refractivity contribution in [3.05, 3.63) is 137 Å². The third-order valence-corrected chi connectivity index (χ3v) is 8.87. The van der Waals surface area contributed by atoms with Crippen molar-refractivity contribution in [3.8, 4) is 21.9 Å². The maximum Gasteiger partial charge on any atom is 0.227 e. The molecule has 44 heavy (non-hydrogen) atoms. The van der Waals surface area contributed by atoms with Crippen molar-refractivity contribution in [1.29, 1.82) is 0 Å². The van der Waals surface area contributed by atoms with Crippen LogP contribution < -0.4 is 20.7 Å². The van der Waals surface area contributed by atoms with E-state index in [0.717, 1.165) is 29.5 Å². The van der Waals surface area contributed by atoms with Crippen molar-refractivity contribution in [3.63, 3.8) is 0 Å². The van der Waals surface area contributed by atoms with E-state index in [2.05, 4.69) is 41.0 Å². The van der Waals surface area contributed by atoms with Crippen molar-refractivity contribution in [2.75, 3.05) is 4.90 Å². The summed E-state index contributed by atoms with van der Waals surface area (Å²) in [7, 11) is 0. The number of aryl methyl sites for hydroxylation is 1. The van der Waals surface area contributed by atoms with E-state index in [1.165, 1.54) is 16.0 Å². The molecule has 5 aromatic rings. The van der Waals surface area contributed by atoms with Gasteiger partial charge < -0.3 is 20.7 Å². The van der Waals surface area contributed by atoms with Gasteiger partial charge in [-0.15, -0.1) is 11.3 Å². The Bertz CT molecular complexity index is 1730. The van der Waals surface area contributed by atoms with Gasteiger partial charge in [-0.3, -0.25) is 9.59 Å². The van der Waals surface area contributed by atoms with Crippen LogP contribution in [0.25, 0.3) is 10.4 Å². The molecular formula is C37H35N3O3S. The molecule has 0 saturated heterocycles. The van der Waals surface area contributed by atoms with Gasteiger partial charge in [0.1, 0.15) is 5.75 Å². The highest BCUT2D eigenvalue weighted by Gasteiger charge is 2.25. The smallest absolute Gasteiger partial charge is 0.227 e. The van der Waals surface area contributed by atoms with Gasteiger partial charge in [0.05, 0.1) is 18.3 Å². The quantitative estimate of drug-likeness (QED) is 0.162. The Morgan fingerprint density at radius 1 is 0.864 bits per heavy atom. The van der Waals surface area contributed by atoms with Gasteiger partial charge in [0.25, 0.3) is 0 Å². The number of para-hydroxylation sites is 2. The molecule has 6 rings (SSSR count). The van der Waals surface area contributed by atoms with Gasteiger partial charge >= 0.3 is 0 Å². The number of amides is 2. The monoisotopic (exact) mass is 601 g/mol. The summed E-state index contributed by atoms with van der Waals surface area (Å²) in [6.07, 6.45) is 2.00. The lowest BCUT2D eigenvalue weighted by Gasteiger charge is -2.25. The number of ether oxygens (including phenoxy) is 1. The number of hydrogen-bond acceptors (Lipinski definition) is 5. The van der Waals surface area contributed by atoms with Gasteiger partial charge in [-0.25, -0.2) is 0 Å². The third-order valence-electron chi connectivity index (χ3n) is 7.95. The zero-order valence-corrected chi connectivity index (χ0v) is 25.3. The number of benzene rings is 4. The molecule has 0 saturated carbocycles. The van der Waals surface area contributed by atoms with Gasteiger partial charge in [0.15, 0.2) is 5.75 Å². The molecule has 1 atom stereocenters. The van der Waals surface area contributed by atoms with Crippen LogP contribution in [0.4, 0.5) is 5.69 Å². The van der Waals surface area contributed by atoms with E-state index in [1.807, 2.05) is 78.9 Å². The number of hydrogen-bond donors (Lipinski definition) is 2. The molecule has 0 spiro atoms. The fourth-order valence-corrected chi connectivity index (χ4v) is 6.40. The first kappa shape index (κ1) is 29.4. The highest BCUT2D eigenvalue weighted by molar-refractivity contribution is 7.13. The number of nitrogens with zero attached hydrogens (tertiary/aromatic N) is 1. The number of carbonyl (C=O) groups is 2. The molecule has 3 N–H and O–H groups in total. The second-order valence-corrected chi connectivity index (χ2v) is 11.9. The second-order valence-electron chi connectivity index (χ2n) is 10.9. The Morgan fingerprint density at radius 2 is 1.68 bits per heavy atom. The average molecular weight is 602 g/mol. The van der Waals surface area contributed by atoms with Crippen LogP contribution in [-0.2, 0) is 29.1 Å². The topological polar surface area (TPSA) is 84.7 Å².